The Morgan fingerprint density at radius 1 is 1.23 bits per heavy atom. The van der Waals surface area contributed by atoms with Crippen LogP contribution >= 0.6 is 23.1 Å². The Morgan fingerprint density at radius 2 is 1.96 bits per heavy atom. The number of carbonyl (C=O) groups is 1. The first-order valence-corrected chi connectivity index (χ1v) is 10.8. The van der Waals surface area contributed by atoms with Crippen LogP contribution in [0, 0.1) is 6.92 Å². The number of hydrogen-bond donors (Lipinski definition) is 0. The minimum Gasteiger partial charge on any atom is -0.282 e. The number of benzene rings is 1. The van der Waals surface area contributed by atoms with Crippen LogP contribution in [0.15, 0.2) is 68.6 Å². The Morgan fingerprint density at radius 3 is 2.58 bits per heavy atom. The zero-order valence-electron chi connectivity index (χ0n) is 14.0. The third kappa shape index (κ3) is 3.98. The predicted octanol–water partition coefficient (Wildman–Crippen LogP) is 3.90. The fraction of sp³-hybridized carbons (Fsp3) is 0.111. The molecule has 0 radical (unpaired) electrons. The Balaban J connectivity index is 1.98. The Hall–Kier alpha value is -2.16. The molecule has 134 valence electrons. The monoisotopic (exact) mass is 404 g/mol. The lowest BCUT2D eigenvalue weighted by molar-refractivity contribution is -0.121. The van der Waals surface area contributed by atoms with Gasteiger partial charge in [-0.25, -0.2) is 0 Å². The van der Waals surface area contributed by atoms with Crippen LogP contribution < -0.4 is 0 Å². The van der Waals surface area contributed by atoms with Gasteiger partial charge in [0.2, 0.25) is 0 Å². The highest BCUT2D eigenvalue weighted by Gasteiger charge is 2.34. The first-order valence-electron chi connectivity index (χ1n) is 7.68. The fourth-order valence-corrected chi connectivity index (χ4v) is 5.15. The zero-order chi connectivity index (χ0) is 18.7. The number of amides is 1. The number of carbonyl (C=O) groups excluding carboxylic acids is 1. The van der Waals surface area contributed by atoms with Crippen LogP contribution in [-0.4, -0.2) is 30.9 Å². The molecule has 0 spiro atoms. The van der Waals surface area contributed by atoms with Crippen LogP contribution in [0.5, 0.6) is 0 Å². The van der Waals surface area contributed by atoms with Crippen molar-refractivity contribution in [3.8, 4) is 0 Å². The molecule has 0 N–H and O–H groups in total. The van der Waals surface area contributed by atoms with Crippen molar-refractivity contribution in [3.63, 3.8) is 0 Å². The number of aryl methyl sites for hydroxylation is 1. The highest BCUT2D eigenvalue weighted by Crippen LogP contribution is 2.34. The molecule has 0 unspecified atom stereocenters. The average molecular weight is 405 g/mol. The molecule has 1 amide bonds. The van der Waals surface area contributed by atoms with Gasteiger partial charge in [-0.15, -0.1) is 22.3 Å². The Kier molecular flexibility index (Phi) is 5.45. The summed E-state index contributed by atoms with van der Waals surface area (Å²) in [6.45, 7) is 5.70. The normalized spacial score (nSPS) is 18.0. The van der Waals surface area contributed by atoms with Gasteiger partial charge in [0.15, 0.2) is 5.17 Å². The second-order valence-corrected chi connectivity index (χ2v) is 9.08. The summed E-state index contributed by atoms with van der Waals surface area (Å²) in [5.74, 6) is -0.277. The van der Waals surface area contributed by atoms with Crippen LogP contribution in [0.25, 0.3) is 6.08 Å². The van der Waals surface area contributed by atoms with Gasteiger partial charge in [-0.1, -0.05) is 29.8 Å². The Bertz CT molecular complexity index is 989. The largest absolute Gasteiger partial charge is 0.284 e. The Labute approximate surface area is 160 Å². The maximum Gasteiger partial charge on any atom is 0.284 e. The predicted molar refractivity (Wildman–Crippen MR) is 108 cm³/mol. The minimum atomic E-state index is -3.91. The molecule has 1 aromatic carbocycles. The molecule has 0 aliphatic carbocycles. The number of nitrogens with zero attached hydrogens (tertiary/aromatic N) is 2. The summed E-state index contributed by atoms with van der Waals surface area (Å²) in [4.78, 5) is 15.4. The molecular weight excluding hydrogens is 388 g/mol. The molecule has 8 heteroatoms. The van der Waals surface area contributed by atoms with Gasteiger partial charge in [-0.05, 0) is 48.3 Å². The summed E-state index contributed by atoms with van der Waals surface area (Å²) in [6.07, 6.45) is 3.29. The van der Waals surface area contributed by atoms with Crippen molar-refractivity contribution < 1.29 is 13.2 Å². The lowest BCUT2D eigenvalue weighted by atomic mass is 10.2. The van der Waals surface area contributed by atoms with E-state index in [4.69, 9.17) is 0 Å². The van der Waals surface area contributed by atoms with Crippen LogP contribution in [0.1, 0.15) is 10.4 Å². The lowest BCUT2D eigenvalue weighted by Crippen LogP contribution is -2.29. The van der Waals surface area contributed by atoms with Gasteiger partial charge in [-0.2, -0.15) is 8.42 Å². The molecule has 0 bridgehead atoms. The first-order chi connectivity index (χ1) is 12.4. The molecule has 3 rings (SSSR count). The molecule has 1 fully saturated rings. The van der Waals surface area contributed by atoms with Crippen molar-refractivity contribution in [1.82, 2.24) is 4.90 Å². The molecule has 0 atom stereocenters. The average Bonchev–Trinajstić information content (AvgIpc) is 3.20. The maximum atomic E-state index is 12.6. The summed E-state index contributed by atoms with van der Waals surface area (Å²) in [6, 6.07) is 10.2. The van der Waals surface area contributed by atoms with E-state index in [1.165, 1.54) is 28.4 Å². The SMILES string of the molecule is C=CCN1C(=O)/C(=C/c2cccs2)S/C1=N/S(=O)(=O)c1ccc(C)cc1. The number of thioether (sulfide) groups is 1. The lowest BCUT2D eigenvalue weighted by Gasteiger charge is -2.12. The number of sulfonamides is 1. The van der Waals surface area contributed by atoms with Gasteiger partial charge in [0.1, 0.15) is 0 Å². The quantitative estimate of drug-likeness (QED) is 0.560. The van der Waals surface area contributed by atoms with Crippen molar-refractivity contribution in [2.24, 2.45) is 4.40 Å². The van der Waals surface area contributed by atoms with Crippen LogP contribution in [-0.2, 0) is 14.8 Å². The number of hydrogen-bond acceptors (Lipinski definition) is 5. The zero-order valence-corrected chi connectivity index (χ0v) is 16.4. The van der Waals surface area contributed by atoms with Crippen molar-refractivity contribution in [2.75, 3.05) is 6.54 Å². The van der Waals surface area contributed by atoms with E-state index >= 15 is 0 Å². The fourth-order valence-electron chi connectivity index (χ4n) is 2.23. The van der Waals surface area contributed by atoms with Crippen LogP contribution in [0.2, 0.25) is 0 Å². The summed E-state index contributed by atoms with van der Waals surface area (Å²) >= 11 is 2.56. The molecule has 1 aromatic heterocycles. The molecule has 2 aromatic rings. The van der Waals surface area contributed by atoms with Gasteiger partial charge in [0.05, 0.1) is 9.80 Å². The van der Waals surface area contributed by atoms with Gasteiger partial charge in [0, 0.05) is 11.4 Å². The van der Waals surface area contributed by atoms with Gasteiger partial charge in [-0.3, -0.25) is 9.69 Å². The van der Waals surface area contributed by atoms with E-state index in [0.29, 0.717) is 4.91 Å². The van der Waals surface area contributed by atoms with E-state index in [-0.39, 0.29) is 22.5 Å². The molecular formula is C18H16N2O3S3. The molecule has 0 saturated carbocycles. The van der Waals surface area contributed by atoms with Crippen LogP contribution in [0.3, 0.4) is 0 Å². The standard InChI is InChI=1S/C18H16N2O3S3/c1-3-10-20-17(21)16(12-14-5-4-11-24-14)25-18(20)19-26(22,23)15-8-6-13(2)7-9-15/h3-9,11-12H,1,10H2,2H3/b16-12-,19-18+. The van der Waals surface area contributed by atoms with Crippen molar-refractivity contribution in [3.05, 3.63) is 69.8 Å². The number of thiophene rings is 1. The first kappa shape index (κ1) is 18.6. The van der Waals surface area contributed by atoms with E-state index in [2.05, 4.69) is 11.0 Å². The second kappa shape index (κ2) is 7.61. The molecule has 1 aliphatic rings. The smallest absolute Gasteiger partial charge is 0.282 e. The minimum absolute atomic E-state index is 0.0953. The maximum absolute atomic E-state index is 12.6. The van der Waals surface area contributed by atoms with Crippen LogP contribution in [0.4, 0.5) is 0 Å². The van der Waals surface area contributed by atoms with E-state index in [1.807, 2.05) is 24.4 Å². The summed E-state index contributed by atoms with van der Waals surface area (Å²) in [5, 5.41) is 2.05. The molecule has 1 aliphatic heterocycles. The third-order valence-corrected chi connectivity index (χ3v) is 6.76. The van der Waals surface area contributed by atoms with Crippen molar-refractivity contribution in [1.29, 1.82) is 0 Å². The highest BCUT2D eigenvalue weighted by atomic mass is 32.2. The third-order valence-electron chi connectivity index (χ3n) is 3.53. The number of amidine groups is 1. The van der Waals surface area contributed by atoms with E-state index in [9.17, 15) is 13.2 Å². The summed E-state index contributed by atoms with van der Waals surface area (Å²) in [5.41, 5.74) is 0.955. The van der Waals surface area contributed by atoms with Gasteiger partial charge >= 0.3 is 0 Å². The summed E-state index contributed by atoms with van der Waals surface area (Å²) < 4.78 is 29.1. The highest BCUT2D eigenvalue weighted by molar-refractivity contribution is 8.19. The van der Waals surface area contributed by atoms with Gasteiger partial charge < -0.3 is 0 Å². The van der Waals surface area contributed by atoms with Crippen molar-refractivity contribution >= 4 is 50.3 Å². The topological polar surface area (TPSA) is 66.8 Å². The molecule has 26 heavy (non-hydrogen) atoms. The second-order valence-electron chi connectivity index (χ2n) is 5.49. The van der Waals surface area contributed by atoms with E-state index in [0.717, 1.165) is 22.2 Å². The summed E-state index contributed by atoms with van der Waals surface area (Å²) in [7, 11) is -3.91. The van der Waals surface area contributed by atoms with E-state index in [1.54, 1.807) is 24.3 Å². The van der Waals surface area contributed by atoms with E-state index < -0.39 is 10.0 Å². The molecule has 1 saturated heterocycles. The molecule has 2 heterocycles. The number of rotatable bonds is 5. The van der Waals surface area contributed by atoms with Crippen molar-refractivity contribution in [2.45, 2.75) is 11.8 Å². The van der Waals surface area contributed by atoms with Gasteiger partial charge in [0.25, 0.3) is 15.9 Å². The molecule has 5 nitrogen and oxygen atoms in total.